The quantitative estimate of drug-likeness (QED) is 0.722. The lowest BCUT2D eigenvalue weighted by Gasteiger charge is -2.04. The predicted octanol–water partition coefficient (Wildman–Crippen LogP) is 1.35. The molecular formula is C10H14O4S. The van der Waals surface area contributed by atoms with Crippen LogP contribution in [0.2, 0.25) is 0 Å². The van der Waals surface area contributed by atoms with E-state index >= 15 is 0 Å². The molecule has 84 valence electrons. The van der Waals surface area contributed by atoms with Crippen molar-refractivity contribution in [3.63, 3.8) is 0 Å². The molecule has 0 aliphatic carbocycles. The number of hydrogen-bond acceptors (Lipinski definition) is 4. The van der Waals surface area contributed by atoms with Crippen LogP contribution in [0.1, 0.15) is 11.0 Å². The van der Waals surface area contributed by atoms with E-state index in [4.69, 9.17) is 5.48 Å². The van der Waals surface area contributed by atoms with Gasteiger partial charge in [0.2, 0.25) is 0 Å². The van der Waals surface area contributed by atoms with Crippen molar-refractivity contribution >= 4 is 10.1 Å². The van der Waals surface area contributed by atoms with E-state index in [1.165, 1.54) is 24.3 Å². The monoisotopic (exact) mass is 234 g/mol. The van der Waals surface area contributed by atoms with Gasteiger partial charge in [0.15, 0.2) is 0 Å². The van der Waals surface area contributed by atoms with E-state index in [9.17, 15) is 8.42 Å². The molecule has 4 nitrogen and oxygen atoms in total. The van der Waals surface area contributed by atoms with Crippen LogP contribution in [-0.4, -0.2) is 28.6 Å². The Bertz CT molecular complexity index is 539. The summed E-state index contributed by atoms with van der Waals surface area (Å²) in [6.45, 7) is -4.28. The lowest BCUT2D eigenvalue weighted by Crippen LogP contribution is -2.10. The van der Waals surface area contributed by atoms with Gasteiger partial charge in [0.05, 0.1) is 23.5 Å². The molecular weight excluding hydrogens is 216 g/mol. The fourth-order valence-corrected chi connectivity index (χ4v) is 1.58. The molecule has 0 atom stereocenters. The van der Waals surface area contributed by atoms with Gasteiger partial charge in [0, 0.05) is 7.11 Å². The molecule has 5 heteroatoms. The third kappa shape index (κ3) is 3.62. The molecule has 0 radical (unpaired) electrons. The smallest absolute Gasteiger partial charge is 0.297 e. The first-order chi connectivity index (χ1) is 8.52. The third-order valence-corrected chi connectivity index (χ3v) is 2.76. The molecule has 0 saturated heterocycles. The number of hydrogen-bond donors (Lipinski definition) is 0. The maximum absolute atomic E-state index is 11.8. The molecule has 0 amide bonds. The molecule has 1 aromatic carbocycles. The second-order valence-corrected chi connectivity index (χ2v) is 4.31. The lowest BCUT2D eigenvalue weighted by molar-refractivity contribution is 0.149. The zero-order chi connectivity index (χ0) is 14.9. The van der Waals surface area contributed by atoms with E-state index in [-0.39, 0.29) is 4.90 Å². The third-order valence-electron chi connectivity index (χ3n) is 1.60. The average Bonchev–Trinajstić information content (AvgIpc) is 2.28. The molecule has 0 bridgehead atoms. The minimum absolute atomic E-state index is 0.256. The van der Waals surface area contributed by atoms with Crippen molar-refractivity contribution < 1.29 is 22.8 Å². The summed E-state index contributed by atoms with van der Waals surface area (Å²) in [7, 11) is -3.51. The van der Waals surface area contributed by atoms with Crippen LogP contribution in [-0.2, 0) is 19.0 Å². The predicted molar refractivity (Wildman–Crippen MR) is 56.2 cm³/mol. The Morgan fingerprint density at radius 1 is 1.27 bits per heavy atom. The molecule has 0 spiro atoms. The van der Waals surface area contributed by atoms with Crippen LogP contribution >= 0.6 is 0 Å². The first kappa shape index (κ1) is 7.38. The van der Waals surface area contributed by atoms with Crippen molar-refractivity contribution in [2.75, 3.05) is 20.2 Å². The number of benzene rings is 1. The summed E-state index contributed by atoms with van der Waals surface area (Å²) in [5, 5.41) is 0. The highest BCUT2D eigenvalue weighted by Gasteiger charge is 2.13. The van der Waals surface area contributed by atoms with Crippen molar-refractivity contribution in [2.45, 2.75) is 11.8 Å². The molecule has 0 aliphatic heterocycles. The zero-order valence-electron chi connectivity index (χ0n) is 12.4. The highest BCUT2D eigenvalue weighted by Crippen LogP contribution is 2.12. The van der Waals surface area contributed by atoms with E-state index in [2.05, 4.69) is 8.92 Å². The molecule has 0 saturated carbocycles. The largest absolute Gasteiger partial charge is 0.382 e. The van der Waals surface area contributed by atoms with Crippen LogP contribution in [0.4, 0.5) is 0 Å². The summed E-state index contributed by atoms with van der Waals surface area (Å²) in [6.07, 6.45) is 0. The van der Waals surface area contributed by atoms with Crippen LogP contribution in [0, 0.1) is 6.92 Å². The normalized spacial score (nSPS) is 17.5. The number of methoxy groups -OCH3 is 1. The number of ether oxygens (including phenoxy) is 1. The standard InChI is InChI=1S/C10H14O4S/c1-9-3-5-10(6-4-9)15(11,12)14-8-7-13-2/h3-6H,7-8H2,1-2H3/i7D2,8D2. The van der Waals surface area contributed by atoms with Crippen molar-refractivity contribution in [3.8, 4) is 0 Å². The topological polar surface area (TPSA) is 52.6 Å². The van der Waals surface area contributed by atoms with E-state index in [0.29, 0.717) is 0 Å². The highest BCUT2D eigenvalue weighted by atomic mass is 32.2. The van der Waals surface area contributed by atoms with Gasteiger partial charge >= 0.3 is 0 Å². The van der Waals surface area contributed by atoms with Crippen LogP contribution in [0.25, 0.3) is 0 Å². The van der Waals surface area contributed by atoms with E-state index in [1.807, 2.05) is 0 Å². The zero-order valence-corrected chi connectivity index (χ0v) is 9.17. The minimum Gasteiger partial charge on any atom is -0.382 e. The molecule has 1 rings (SSSR count). The molecule has 0 aliphatic rings. The van der Waals surface area contributed by atoms with Gasteiger partial charge in [-0.05, 0) is 19.1 Å². The molecule has 1 aromatic rings. The van der Waals surface area contributed by atoms with E-state index < -0.39 is 23.2 Å². The Kier molecular flexibility index (Phi) is 2.58. The molecule has 0 heterocycles. The Balaban J connectivity index is 3.07. The van der Waals surface area contributed by atoms with Gasteiger partial charge in [0.1, 0.15) is 0 Å². The molecule has 0 N–H and O–H groups in total. The Labute approximate surface area is 95.6 Å². The van der Waals surface area contributed by atoms with Gasteiger partial charge in [-0.15, -0.1) is 0 Å². The first-order valence-corrected chi connectivity index (χ1v) is 5.50. The molecule has 0 fully saturated rings. The van der Waals surface area contributed by atoms with Gasteiger partial charge < -0.3 is 4.74 Å². The molecule has 0 unspecified atom stereocenters. The minimum atomic E-state index is -4.42. The second kappa shape index (κ2) is 5.25. The van der Waals surface area contributed by atoms with Crippen molar-refractivity contribution in [2.24, 2.45) is 0 Å². The average molecular weight is 234 g/mol. The summed E-state index contributed by atoms with van der Waals surface area (Å²) in [4.78, 5) is -0.256. The Hall–Kier alpha value is -0.910. The molecule has 15 heavy (non-hydrogen) atoms. The van der Waals surface area contributed by atoms with E-state index in [0.717, 1.165) is 12.7 Å². The Morgan fingerprint density at radius 3 is 2.40 bits per heavy atom. The maximum atomic E-state index is 11.8. The summed E-state index contributed by atoms with van der Waals surface area (Å²) < 4.78 is 61.4. The van der Waals surface area contributed by atoms with Crippen LogP contribution in [0.5, 0.6) is 0 Å². The number of aryl methyl sites for hydroxylation is 1. The van der Waals surface area contributed by atoms with Crippen LogP contribution in [0.3, 0.4) is 0 Å². The van der Waals surface area contributed by atoms with Crippen molar-refractivity contribution in [1.29, 1.82) is 0 Å². The van der Waals surface area contributed by atoms with Gasteiger partial charge in [-0.25, -0.2) is 0 Å². The van der Waals surface area contributed by atoms with E-state index in [1.54, 1.807) is 6.92 Å². The van der Waals surface area contributed by atoms with Gasteiger partial charge in [-0.1, -0.05) is 17.7 Å². The maximum Gasteiger partial charge on any atom is 0.297 e. The fraction of sp³-hybridized carbons (Fsp3) is 0.400. The SMILES string of the molecule is [2H]C([2H])(OC)C([2H])([2H])OS(=O)(=O)c1ccc(C)cc1. The summed E-state index contributed by atoms with van der Waals surface area (Å²) >= 11 is 0. The van der Waals surface area contributed by atoms with Crippen molar-refractivity contribution in [1.82, 2.24) is 0 Å². The fourth-order valence-electron chi connectivity index (χ4n) is 0.867. The van der Waals surface area contributed by atoms with Crippen LogP contribution in [0.15, 0.2) is 29.2 Å². The van der Waals surface area contributed by atoms with Gasteiger partial charge in [-0.2, -0.15) is 8.42 Å². The van der Waals surface area contributed by atoms with Gasteiger partial charge in [0.25, 0.3) is 10.1 Å². The van der Waals surface area contributed by atoms with Gasteiger partial charge in [-0.3, -0.25) is 4.18 Å². The second-order valence-electron chi connectivity index (χ2n) is 2.76. The Morgan fingerprint density at radius 2 is 1.87 bits per heavy atom. The first-order valence-electron chi connectivity index (χ1n) is 6.09. The number of rotatable bonds is 5. The lowest BCUT2D eigenvalue weighted by atomic mass is 10.2. The van der Waals surface area contributed by atoms with Crippen molar-refractivity contribution in [3.05, 3.63) is 29.8 Å². The summed E-state index contributed by atoms with van der Waals surface area (Å²) in [5.74, 6) is 0. The molecule has 0 aromatic heterocycles. The van der Waals surface area contributed by atoms with Crippen LogP contribution < -0.4 is 0 Å². The summed E-state index contributed by atoms with van der Waals surface area (Å²) in [5.41, 5.74) is 0.828. The summed E-state index contributed by atoms with van der Waals surface area (Å²) in [6, 6.07) is 5.56. The highest BCUT2D eigenvalue weighted by molar-refractivity contribution is 7.86.